The zero-order valence-electron chi connectivity index (χ0n) is 3.69. The average molecular weight is 231 g/mol. The summed E-state index contributed by atoms with van der Waals surface area (Å²) in [6, 6.07) is 0. The van der Waals surface area contributed by atoms with Gasteiger partial charge in [-0.3, -0.25) is 4.43 Å². The minimum absolute atomic E-state index is 0. The Balaban J connectivity index is -0.0000000450. The first-order chi connectivity index (χ1) is 1.91. The van der Waals surface area contributed by atoms with Crippen LogP contribution in [0.5, 0.6) is 0 Å². The van der Waals surface area contributed by atoms with E-state index in [0.717, 1.165) is 0 Å². The Morgan fingerprint density at radius 1 is 1.67 bits per heavy atom. The maximum atomic E-state index is 2.23. The molecule has 0 saturated carbocycles. The van der Waals surface area contributed by atoms with Crippen LogP contribution in [0.4, 0.5) is 0 Å². The number of hydrogen-bond acceptors (Lipinski definition) is 0. The van der Waals surface area contributed by atoms with Crippen molar-refractivity contribution < 1.29 is 18.6 Å². The van der Waals surface area contributed by atoms with Gasteiger partial charge in [-0.15, -0.1) is 0 Å². The van der Waals surface area contributed by atoms with Gasteiger partial charge in [0.2, 0.25) is 0 Å². The molecule has 0 unspecified atom stereocenters. The minimum atomic E-state index is 0. The normalized spacial score (nSPS) is 5.00. The summed E-state index contributed by atoms with van der Waals surface area (Å²) in [7, 11) is 0. The van der Waals surface area contributed by atoms with E-state index in [1.807, 2.05) is 0 Å². The molecule has 0 atom stereocenters. The van der Waals surface area contributed by atoms with Gasteiger partial charge in [0.25, 0.3) is 0 Å². The van der Waals surface area contributed by atoms with Crippen LogP contribution >= 0.6 is 22.6 Å². The van der Waals surface area contributed by atoms with Gasteiger partial charge in [-0.1, -0.05) is 6.92 Å². The summed E-state index contributed by atoms with van der Waals surface area (Å²) in [4.78, 5) is 0. The second-order valence-electron chi connectivity index (χ2n) is 0.563. The molecule has 0 amide bonds. The molecule has 3 heteroatoms. The molecule has 0 N–H and O–H groups in total. The number of halogens is 1. The van der Waals surface area contributed by atoms with E-state index in [1.54, 1.807) is 0 Å². The molecule has 6 heavy (non-hydrogen) atoms. The maximum absolute atomic E-state index is 2.23. The van der Waals surface area contributed by atoms with Crippen LogP contribution in [-0.2, 0) is 18.6 Å². The van der Waals surface area contributed by atoms with Gasteiger partial charge in [0.05, 0.1) is 0 Å². The summed E-state index contributed by atoms with van der Waals surface area (Å²) in [6.07, 6.45) is 1.18. The summed E-state index contributed by atoms with van der Waals surface area (Å²) in [5.74, 6) is 0. The Morgan fingerprint density at radius 3 is 1.83 bits per heavy atom. The Labute approximate surface area is 67.1 Å². The molecule has 0 aliphatic rings. The van der Waals surface area contributed by atoms with Gasteiger partial charge in [0, 0.05) is 27.0 Å². The van der Waals surface area contributed by atoms with Gasteiger partial charge in [-0.2, -0.15) is 6.42 Å². The molecule has 0 rings (SSSR count). The van der Waals surface area contributed by atoms with Crippen molar-refractivity contribution in [2.45, 2.75) is 13.3 Å². The van der Waals surface area contributed by atoms with Crippen LogP contribution in [0, 0.1) is 4.43 Å². The quantitative estimate of drug-likeness (QED) is 0.365. The fourth-order valence-corrected chi connectivity index (χ4v) is 0. The summed E-state index contributed by atoms with van der Waals surface area (Å²) >= 11 is 2.23. The van der Waals surface area contributed by atoms with E-state index >= 15 is 0 Å². The molecule has 0 aliphatic carbocycles. The van der Waals surface area contributed by atoms with E-state index in [2.05, 4.69) is 33.9 Å². The molecular formula is C3H6BIV-. The van der Waals surface area contributed by atoms with Crippen molar-refractivity contribution in [3.8, 4) is 0 Å². The Morgan fingerprint density at radius 2 is 1.83 bits per heavy atom. The molecule has 0 spiro atoms. The fourth-order valence-electron chi connectivity index (χ4n) is 0. The van der Waals surface area contributed by atoms with Crippen molar-refractivity contribution in [3.63, 3.8) is 0 Å². The molecule has 0 aromatic heterocycles. The molecule has 0 aromatic rings. The van der Waals surface area contributed by atoms with Crippen molar-refractivity contribution >= 4 is 31.0 Å². The predicted octanol–water partition coefficient (Wildman–Crippen LogP) is 1.61. The SMILES string of the molecule is CC[CH-]I.[B].[V]. The largest absolute Gasteiger partial charge is 0.316 e. The molecule has 0 nitrogen and oxygen atoms in total. The maximum Gasteiger partial charge on any atom is 0 e. The third-order valence-corrected chi connectivity index (χ3v) is 1.04. The molecule has 0 saturated heterocycles. The number of rotatable bonds is 1. The van der Waals surface area contributed by atoms with Gasteiger partial charge in [-0.25, -0.2) is 0 Å². The molecule has 0 aliphatic heterocycles. The predicted molar refractivity (Wildman–Crippen MR) is 34.4 cm³/mol. The van der Waals surface area contributed by atoms with Gasteiger partial charge in [-0.05, 0) is 0 Å². The Hall–Kier alpha value is 1.38. The van der Waals surface area contributed by atoms with Gasteiger partial charge >= 0.3 is 0 Å². The van der Waals surface area contributed by atoms with Crippen LogP contribution in [0.2, 0.25) is 0 Å². The van der Waals surface area contributed by atoms with Crippen molar-refractivity contribution in [3.05, 3.63) is 4.43 Å². The fraction of sp³-hybridized carbons (Fsp3) is 0.667. The Bertz CT molecular complexity index is 12.8. The van der Waals surface area contributed by atoms with Crippen molar-refractivity contribution in [1.82, 2.24) is 0 Å². The molecule has 0 fully saturated rings. The first-order valence-corrected chi connectivity index (χ1v) is 2.58. The van der Waals surface area contributed by atoms with Crippen LogP contribution < -0.4 is 0 Å². The third kappa shape index (κ3) is 18.2. The van der Waals surface area contributed by atoms with E-state index in [1.165, 1.54) is 6.42 Å². The van der Waals surface area contributed by atoms with Crippen molar-refractivity contribution in [2.24, 2.45) is 0 Å². The van der Waals surface area contributed by atoms with E-state index in [9.17, 15) is 0 Å². The Kier molecular flexibility index (Phi) is 42.2. The standard InChI is InChI=1S/C3H6I.B.V/c1-2-3-4;;/h3H,2H2,1H3;;/q-1;;. The third-order valence-electron chi connectivity index (χ3n) is 0.154. The summed E-state index contributed by atoms with van der Waals surface area (Å²) < 4.78 is 2.09. The van der Waals surface area contributed by atoms with Gasteiger partial charge in [0.1, 0.15) is 0 Å². The van der Waals surface area contributed by atoms with Crippen molar-refractivity contribution in [1.29, 1.82) is 0 Å². The van der Waals surface area contributed by atoms with Crippen LogP contribution in [-0.4, -0.2) is 8.41 Å². The average Bonchev–Trinajstić information content (AvgIpc) is 1.37. The topological polar surface area (TPSA) is 0 Å². The smallest absolute Gasteiger partial charge is 0 e. The van der Waals surface area contributed by atoms with Crippen LogP contribution in [0.15, 0.2) is 0 Å². The number of hydrogen-bond donors (Lipinski definition) is 0. The molecule has 34 valence electrons. The summed E-state index contributed by atoms with van der Waals surface area (Å²) in [5, 5.41) is 0. The molecule has 4 radical (unpaired) electrons. The summed E-state index contributed by atoms with van der Waals surface area (Å²) in [5.41, 5.74) is 0. The second kappa shape index (κ2) is 16.2. The zero-order chi connectivity index (χ0) is 3.41. The van der Waals surface area contributed by atoms with E-state index in [0.29, 0.717) is 0 Å². The molecular weight excluding hydrogens is 225 g/mol. The van der Waals surface area contributed by atoms with Crippen LogP contribution in [0.1, 0.15) is 13.3 Å². The summed E-state index contributed by atoms with van der Waals surface area (Å²) in [6.45, 7) is 2.12. The minimum Gasteiger partial charge on any atom is -0.316 e. The van der Waals surface area contributed by atoms with E-state index < -0.39 is 0 Å². The van der Waals surface area contributed by atoms with Crippen LogP contribution in [0.3, 0.4) is 0 Å². The van der Waals surface area contributed by atoms with Crippen LogP contribution in [0.25, 0.3) is 0 Å². The first-order valence-electron chi connectivity index (χ1n) is 1.33. The van der Waals surface area contributed by atoms with Gasteiger partial charge < -0.3 is 22.6 Å². The monoisotopic (exact) mass is 231 g/mol. The molecule has 0 heterocycles. The first kappa shape index (κ1) is 15.7. The second-order valence-corrected chi connectivity index (χ2v) is 1.44. The van der Waals surface area contributed by atoms with E-state index in [-0.39, 0.29) is 27.0 Å². The van der Waals surface area contributed by atoms with Crippen molar-refractivity contribution in [2.75, 3.05) is 0 Å². The molecule has 0 aromatic carbocycles. The molecule has 0 bridgehead atoms. The van der Waals surface area contributed by atoms with E-state index in [4.69, 9.17) is 0 Å². The van der Waals surface area contributed by atoms with Gasteiger partial charge in [0.15, 0.2) is 0 Å². The zero-order valence-corrected chi connectivity index (χ0v) is 7.24.